The van der Waals surface area contributed by atoms with Crippen LogP contribution in [0.15, 0.2) is 35.5 Å². The first-order valence-electron chi connectivity index (χ1n) is 26.4. The van der Waals surface area contributed by atoms with Gasteiger partial charge in [-0.15, -0.1) is 0 Å². The average Bonchev–Trinajstić information content (AvgIpc) is 4.22. The van der Waals surface area contributed by atoms with Gasteiger partial charge in [0.1, 0.15) is 22.7 Å². The molecule has 1 aliphatic carbocycles. The topological polar surface area (TPSA) is 331 Å². The molecule has 2 saturated heterocycles. The van der Waals surface area contributed by atoms with Crippen molar-refractivity contribution in [3.05, 3.63) is 41.1 Å². The molecule has 4 aliphatic rings. The van der Waals surface area contributed by atoms with Crippen LogP contribution in [-0.4, -0.2) is 235 Å². The lowest BCUT2D eigenvalue weighted by atomic mass is 10.0. The van der Waals surface area contributed by atoms with Gasteiger partial charge < -0.3 is 66.9 Å². The minimum absolute atomic E-state index is 0.0594. The summed E-state index contributed by atoms with van der Waals surface area (Å²) in [4.78, 5) is 82.7. The quantitative estimate of drug-likeness (QED) is 0.0430. The van der Waals surface area contributed by atoms with Gasteiger partial charge in [-0.1, -0.05) is 47.9 Å². The fourth-order valence-corrected chi connectivity index (χ4v) is 10.1. The molecule has 420 valence electrons. The smallest absolute Gasteiger partial charge is 0.326 e. The number of rotatable bonds is 28. The lowest BCUT2D eigenvalue weighted by Crippen LogP contribution is -2.53. The first-order valence-corrected chi connectivity index (χ1v) is 27.2. The van der Waals surface area contributed by atoms with Crippen LogP contribution < -0.4 is 31.5 Å². The highest BCUT2D eigenvalue weighted by Gasteiger charge is 2.28. The molecule has 11 N–H and O–H groups in total. The number of hydrogen-bond acceptors (Lipinski definition) is 17. The maximum atomic E-state index is 12.3. The molecule has 3 aliphatic heterocycles. The maximum Gasteiger partial charge on any atom is 0.326 e. The fraction of sp³-hybridized carbons (Fsp3) is 0.640. The molecule has 0 spiro atoms. The predicted octanol–water partition coefficient (Wildman–Crippen LogP) is 2.27. The summed E-state index contributed by atoms with van der Waals surface area (Å²) in [6.07, 6.45) is 10.3. The Morgan fingerprint density at radius 1 is 0.697 bits per heavy atom. The summed E-state index contributed by atoms with van der Waals surface area (Å²) >= 11 is 0. The Labute approximate surface area is 446 Å². The number of hydrogen-bond donors (Lipinski definition) is 11. The third kappa shape index (κ3) is 21.9. The summed E-state index contributed by atoms with van der Waals surface area (Å²) in [5.41, 5.74) is 4.37. The molecule has 2 bridgehead atoms. The number of carbonyl (C=O) groups excluding carboxylic acids is 1. The van der Waals surface area contributed by atoms with E-state index in [2.05, 4.69) is 36.4 Å². The van der Waals surface area contributed by atoms with E-state index in [9.17, 15) is 49.5 Å². The highest BCUT2D eigenvalue weighted by Crippen LogP contribution is 2.32. The summed E-state index contributed by atoms with van der Waals surface area (Å²) in [6.45, 7) is 6.28. The molecule has 6 rings (SSSR count). The summed E-state index contributed by atoms with van der Waals surface area (Å²) in [6, 6.07) is 5.47. The van der Waals surface area contributed by atoms with Gasteiger partial charge in [-0.3, -0.25) is 34.0 Å². The van der Waals surface area contributed by atoms with Crippen LogP contribution >= 0.6 is 10.9 Å². The van der Waals surface area contributed by atoms with E-state index in [-0.39, 0.29) is 48.7 Å². The van der Waals surface area contributed by atoms with Gasteiger partial charge in [0.2, 0.25) is 17.8 Å². The number of aliphatic carboxylic acids is 4. The van der Waals surface area contributed by atoms with E-state index in [0.29, 0.717) is 116 Å². The molecule has 1 saturated carbocycles. The van der Waals surface area contributed by atoms with Crippen molar-refractivity contribution >= 4 is 74.5 Å². The van der Waals surface area contributed by atoms with Crippen LogP contribution in [0.3, 0.4) is 0 Å². The Hall–Kier alpha value is -6.00. The number of amides is 2. The number of aliphatic hydroxyl groups is 2. The van der Waals surface area contributed by atoms with Crippen molar-refractivity contribution in [3.8, 4) is 0 Å². The van der Waals surface area contributed by atoms with Gasteiger partial charge in [0.25, 0.3) is 0 Å². The third-order valence-corrected chi connectivity index (χ3v) is 14.2. The summed E-state index contributed by atoms with van der Waals surface area (Å²) in [7, 11) is 0.923. The first-order chi connectivity index (χ1) is 36.6. The number of morpholine rings is 1. The maximum absolute atomic E-state index is 12.3. The number of nitrogens with zero attached hydrogens (tertiary/aromatic N) is 8. The summed E-state index contributed by atoms with van der Waals surface area (Å²) in [5.74, 6) is -3.01. The Kier molecular flexibility index (Phi) is 24.4. The zero-order valence-corrected chi connectivity index (χ0v) is 44.1. The Bertz CT molecular complexity index is 2350. The SMILES string of the molecule is O=C(O)CNC(=O)NC(CCCCNC(CCCCCCCNc1nc(Nc2ccc(CC3CN(CC(=O)O)CCN4CCN(CCN3CC(=O)O)CC(O)=S=C(O)C4)cc2)nc(N2CCOCC2)n1)=C1CC1)C(=O)O. The van der Waals surface area contributed by atoms with Crippen molar-refractivity contribution in [1.82, 2.24) is 50.5 Å². The number of aromatic nitrogens is 3. The van der Waals surface area contributed by atoms with Gasteiger partial charge in [0.15, 0.2) is 0 Å². The van der Waals surface area contributed by atoms with Gasteiger partial charge >= 0.3 is 29.9 Å². The number of carboxylic acid groups (broad SMARTS) is 4. The van der Waals surface area contributed by atoms with Crippen molar-refractivity contribution in [2.75, 3.05) is 133 Å². The van der Waals surface area contributed by atoms with Gasteiger partial charge in [-0.2, -0.15) is 15.0 Å². The second kappa shape index (κ2) is 31.3. The monoisotopic (exact) mass is 1080 g/mol. The third-order valence-electron chi connectivity index (χ3n) is 13.5. The first kappa shape index (κ1) is 59.2. The molecular formula is C50H77N13O12S. The van der Waals surface area contributed by atoms with Crippen LogP contribution in [-0.2, 0) is 30.3 Å². The minimum atomic E-state index is -1.22. The van der Waals surface area contributed by atoms with E-state index < -0.39 is 42.5 Å². The van der Waals surface area contributed by atoms with E-state index in [1.807, 2.05) is 39.0 Å². The molecule has 3 fully saturated rings. The Morgan fingerprint density at radius 3 is 2.01 bits per heavy atom. The van der Waals surface area contributed by atoms with Crippen molar-refractivity contribution < 1.29 is 59.3 Å². The van der Waals surface area contributed by atoms with Crippen LogP contribution in [0, 0.1) is 0 Å². The van der Waals surface area contributed by atoms with Gasteiger partial charge in [0.05, 0.1) is 39.4 Å². The zero-order valence-electron chi connectivity index (χ0n) is 43.3. The molecule has 4 unspecified atom stereocenters. The average molecular weight is 1080 g/mol. The predicted molar refractivity (Wildman–Crippen MR) is 289 cm³/mol. The molecule has 0 radical (unpaired) electrons. The molecule has 4 heterocycles. The number of nitrogens with one attached hydrogen (secondary N) is 5. The molecule has 1 aromatic heterocycles. The normalized spacial score (nSPS) is 20.1. The lowest BCUT2D eigenvalue weighted by molar-refractivity contribution is -0.141. The molecule has 25 nitrogen and oxygen atoms in total. The van der Waals surface area contributed by atoms with Crippen molar-refractivity contribution in [2.45, 2.75) is 89.1 Å². The van der Waals surface area contributed by atoms with E-state index in [1.165, 1.54) is 11.3 Å². The fourth-order valence-electron chi connectivity index (χ4n) is 9.33. The molecule has 2 amide bonds. The number of fused-ring (bicyclic) bond motifs is 3. The van der Waals surface area contributed by atoms with Crippen molar-refractivity contribution in [2.24, 2.45) is 0 Å². The van der Waals surface area contributed by atoms with Crippen LogP contribution in [0.25, 0.3) is 0 Å². The number of allylic oxidation sites excluding steroid dienone is 2. The highest BCUT2D eigenvalue weighted by atomic mass is 32.1. The number of anilines is 4. The second-order valence-electron chi connectivity index (χ2n) is 19.6. The number of aliphatic hydroxyl groups excluding tert-OH is 2. The van der Waals surface area contributed by atoms with Crippen LogP contribution in [0.1, 0.15) is 76.2 Å². The molecule has 2 aromatic rings. The van der Waals surface area contributed by atoms with Crippen LogP contribution in [0.5, 0.6) is 0 Å². The molecule has 26 heteroatoms. The number of benzene rings is 1. The van der Waals surface area contributed by atoms with E-state index >= 15 is 0 Å². The summed E-state index contributed by atoms with van der Waals surface area (Å²) in [5, 5.41) is 74.3. The minimum Gasteiger partial charge on any atom is -0.480 e. The van der Waals surface area contributed by atoms with Gasteiger partial charge in [0, 0.05) is 89.4 Å². The standard InChI is InChI=1S/C50H77N13O12S/c64-41(65)29-53-50(74)55-40(46(72)73)9-5-7-16-51-39(36-12-13-36)8-4-2-1-3-6-17-52-47-56-48(58-49(57-47)62-24-26-75-27-25-62)54-37-14-10-35(11-15-37)28-38-30-61(31-42(66)67)21-20-59-18-19-60(22-23-63(38)32-43(68)69)34-45(71)76-44(70)33-59/h10-11,14-15,38,40,51,70-71H,1-9,12-13,16-34H2,(H,64,65)(H,66,67)(H,68,69)(H,72,73)(H2,53,55,74)(H2,52,54,56,57,58). The zero-order chi connectivity index (χ0) is 54.2. The Balaban J connectivity index is 0.995. The van der Waals surface area contributed by atoms with E-state index in [4.69, 9.17) is 24.8 Å². The number of urea groups is 1. The second-order valence-corrected chi connectivity index (χ2v) is 20.7. The molecule has 76 heavy (non-hydrogen) atoms. The largest absolute Gasteiger partial charge is 0.480 e. The van der Waals surface area contributed by atoms with Gasteiger partial charge in [-0.05, 0) is 75.5 Å². The number of carboxylic acids is 4. The van der Waals surface area contributed by atoms with Crippen LogP contribution in [0.4, 0.5) is 28.3 Å². The van der Waals surface area contributed by atoms with Crippen molar-refractivity contribution in [1.29, 1.82) is 0 Å². The van der Waals surface area contributed by atoms with E-state index in [1.54, 1.807) is 0 Å². The van der Waals surface area contributed by atoms with Crippen LogP contribution in [0.2, 0.25) is 0 Å². The molecule has 4 atom stereocenters. The van der Waals surface area contributed by atoms with Crippen molar-refractivity contribution in [3.63, 3.8) is 0 Å². The molecular weight excluding hydrogens is 1010 g/mol. The summed E-state index contributed by atoms with van der Waals surface area (Å²) < 4.78 is 5.59. The number of carbonyl (C=O) groups is 5. The lowest BCUT2D eigenvalue weighted by Gasteiger charge is -2.37. The number of ether oxygens (including phenoxy) is 1. The highest BCUT2D eigenvalue weighted by molar-refractivity contribution is 7.97. The number of unbranched alkanes of at least 4 members (excludes halogenated alkanes) is 5. The Morgan fingerprint density at radius 2 is 1.34 bits per heavy atom. The van der Waals surface area contributed by atoms with E-state index in [0.717, 1.165) is 80.0 Å². The van der Waals surface area contributed by atoms with Gasteiger partial charge in [-0.25, -0.2) is 9.59 Å². The molecule has 1 aromatic carbocycles.